The Morgan fingerprint density at radius 3 is 2.60 bits per heavy atom. The van der Waals surface area contributed by atoms with Gasteiger partial charge in [0.25, 0.3) is 0 Å². The molecule has 1 aliphatic carbocycles. The molecule has 2 aliphatic rings. The second-order valence-corrected chi connectivity index (χ2v) is 7.75. The van der Waals surface area contributed by atoms with Crippen molar-refractivity contribution in [2.75, 3.05) is 11.5 Å². The van der Waals surface area contributed by atoms with Crippen molar-refractivity contribution in [1.82, 2.24) is 0 Å². The van der Waals surface area contributed by atoms with Crippen LogP contribution in [0.5, 0.6) is 0 Å². The molecule has 1 aromatic carbocycles. The van der Waals surface area contributed by atoms with E-state index in [1.165, 1.54) is 0 Å². The number of rotatable bonds is 3. The van der Waals surface area contributed by atoms with Gasteiger partial charge in [0, 0.05) is 23.5 Å². The first-order valence-electron chi connectivity index (χ1n) is 6.45. The number of hydrogen-bond acceptors (Lipinski definition) is 5. The zero-order valence-electron chi connectivity index (χ0n) is 10.8. The Kier molecular flexibility index (Phi) is 3.89. The summed E-state index contributed by atoms with van der Waals surface area (Å²) in [6.07, 6.45) is 3.09. The van der Waals surface area contributed by atoms with Crippen molar-refractivity contribution < 1.29 is 14.3 Å². The van der Waals surface area contributed by atoms with Crippen molar-refractivity contribution in [3.05, 3.63) is 47.5 Å². The fourth-order valence-electron chi connectivity index (χ4n) is 2.49. The van der Waals surface area contributed by atoms with Crippen LogP contribution in [0.2, 0.25) is 0 Å². The maximum Gasteiger partial charge on any atom is 0.338 e. The van der Waals surface area contributed by atoms with Crippen LogP contribution in [0.15, 0.2) is 42.0 Å². The summed E-state index contributed by atoms with van der Waals surface area (Å²) in [6, 6.07) is 8.94. The minimum atomic E-state index is -0.331. The number of hydrogen-bond donors (Lipinski definition) is 0. The molecule has 3 rings (SSSR count). The fourth-order valence-corrected chi connectivity index (χ4v) is 5.78. The van der Waals surface area contributed by atoms with Gasteiger partial charge in [0.05, 0.1) is 9.64 Å². The SMILES string of the molecule is O=CC1=C[C@H](OC(=O)c2ccccc2)CC12SCCS2. The van der Waals surface area contributed by atoms with Crippen molar-refractivity contribution in [1.29, 1.82) is 0 Å². The maximum absolute atomic E-state index is 12.0. The van der Waals surface area contributed by atoms with Gasteiger partial charge in [-0.2, -0.15) is 0 Å². The van der Waals surface area contributed by atoms with Crippen LogP contribution >= 0.6 is 23.5 Å². The smallest absolute Gasteiger partial charge is 0.338 e. The van der Waals surface area contributed by atoms with Gasteiger partial charge in [-0.3, -0.25) is 4.79 Å². The van der Waals surface area contributed by atoms with Crippen molar-refractivity contribution in [3.63, 3.8) is 0 Å². The summed E-state index contributed by atoms with van der Waals surface area (Å²) < 4.78 is 5.32. The Morgan fingerprint density at radius 1 is 1.25 bits per heavy atom. The van der Waals surface area contributed by atoms with Crippen molar-refractivity contribution in [2.24, 2.45) is 0 Å². The third-order valence-corrected chi connectivity index (χ3v) is 6.94. The molecule has 5 heteroatoms. The van der Waals surface area contributed by atoms with Gasteiger partial charge in [-0.1, -0.05) is 18.2 Å². The van der Waals surface area contributed by atoms with Crippen LogP contribution in [0, 0.1) is 0 Å². The Hall–Kier alpha value is -1.20. The highest BCUT2D eigenvalue weighted by atomic mass is 32.2. The Bertz CT molecular complexity index is 547. The predicted molar refractivity (Wildman–Crippen MR) is 82.1 cm³/mol. The highest BCUT2D eigenvalue weighted by Gasteiger charge is 2.46. The largest absolute Gasteiger partial charge is 0.454 e. The van der Waals surface area contributed by atoms with E-state index >= 15 is 0 Å². The molecule has 1 atom stereocenters. The number of benzene rings is 1. The molecule has 0 amide bonds. The van der Waals surface area contributed by atoms with E-state index in [1.807, 2.05) is 18.2 Å². The molecule has 104 valence electrons. The van der Waals surface area contributed by atoms with Gasteiger partial charge < -0.3 is 4.74 Å². The average Bonchev–Trinajstić information content (AvgIpc) is 3.08. The lowest BCUT2D eigenvalue weighted by Crippen LogP contribution is -2.22. The molecule has 1 spiro atoms. The zero-order chi connectivity index (χ0) is 14.0. The number of thioether (sulfide) groups is 2. The van der Waals surface area contributed by atoms with Crippen molar-refractivity contribution in [3.8, 4) is 0 Å². The minimum Gasteiger partial charge on any atom is -0.454 e. The fraction of sp³-hybridized carbons (Fsp3) is 0.333. The summed E-state index contributed by atoms with van der Waals surface area (Å²) in [5.41, 5.74) is 1.30. The second kappa shape index (κ2) is 5.66. The highest BCUT2D eigenvalue weighted by molar-refractivity contribution is 8.21. The lowest BCUT2D eigenvalue weighted by molar-refractivity contribution is -0.105. The van der Waals surface area contributed by atoms with Crippen LogP contribution in [0.1, 0.15) is 16.8 Å². The van der Waals surface area contributed by atoms with E-state index < -0.39 is 0 Å². The van der Waals surface area contributed by atoms with E-state index in [9.17, 15) is 9.59 Å². The molecular formula is C15H14O3S2. The summed E-state index contributed by atoms with van der Waals surface area (Å²) in [5.74, 6) is 1.74. The van der Waals surface area contributed by atoms with Crippen molar-refractivity contribution in [2.45, 2.75) is 16.6 Å². The van der Waals surface area contributed by atoms with E-state index in [0.717, 1.165) is 23.4 Å². The highest BCUT2D eigenvalue weighted by Crippen LogP contribution is 2.54. The number of carbonyl (C=O) groups is 2. The second-order valence-electron chi connectivity index (χ2n) is 4.70. The van der Waals surface area contributed by atoms with Crippen LogP contribution < -0.4 is 0 Å². The van der Waals surface area contributed by atoms with E-state index in [-0.39, 0.29) is 16.2 Å². The number of ether oxygens (including phenoxy) is 1. The molecule has 20 heavy (non-hydrogen) atoms. The molecule has 3 nitrogen and oxygen atoms in total. The summed E-state index contributed by atoms with van der Waals surface area (Å²) in [5, 5.41) is 0. The van der Waals surface area contributed by atoms with Gasteiger partial charge in [-0.15, -0.1) is 23.5 Å². The van der Waals surface area contributed by atoms with Crippen LogP contribution in [-0.4, -0.2) is 33.9 Å². The van der Waals surface area contributed by atoms with Gasteiger partial charge in [-0.05, 0) is 18.2 Å². The summed E-state index contributed by atoms with van der Waals surface area (Å²) >= 11 is 3.57. The molecule has 0 saturated carbocycles. The van der Waals surface area contributed by atoms with Crippen LogP contribution in [0.4, 0.5) is 0 Å². The van der Waals surface area contributed by atoms with Gasteiger partial charge in [-0.25, -0.2) is 4.79 Å². The Morgan fingerprint density at radius 2 is 1.95 bits per heavy atom. The quantitative estimate of drug-likeness (QED) is 0.634. The number of carbonyl (C=O) groups excluding carboxylic acids is 2. The first kappa shape index (κ1) is 13.8. The standard InChI is InChI=1S/C15H14O3S2/c16-10-12-8-13(9-15(12)19-6-7-20-15)18-14(17)11-4-2-1-3-5-11/h1-5,8,10,13H,6-7,9H2/t13-/m0/s1. The third-order valence-electron chi connectivity index (χ3n) is 3.42. The van der Waals surface area contributed by atoms with E-state index in [0.29, 0.717) is 12.0 Å². The van der Waals surface area contributed by atoms with E-state index in [4.69, 9.17) is 4.74 Å². The van der Waals surface area contributed by atoms with Gasteiger partial charge in [0.2, 0.25) is 0 Å². The lowest BCUT2D eigenvalue weighted by atomic mass is 10.2. The molecule has 0 N–H and O–H groups in total. The molecule has 0 unspecified atom stereocenters. The van der Waals surface area contributed by atoms with Gasteiger partial charge >= 0.3 is 5.97 Å². The molecule has 1 saturated heterocycles. The molecule has 1 fully saturated rings. The lowest BCUT2D eigenvalue weighted by Gasteiger charge is -2.23. The van der Waals surface area contributed by atoms with Crippen molar-refractivity contribution >= 4 is 35.8 Å². The van der Waals surface area contributed by atoms with E-state index in [1.54, 1.807) is 41.7 Å². The Balaban J connectivity index is 1.72. The monoisotopic (exact) mass is 306 g/mol. The normalized spacial score (nSPS) is 23.6. The first-order chi connectivity index (χ1) is 9.73. The molecule has 0 radical (unpaired) electrons. The van der Waals surface area contributed by atoms with E-state index in [2.05, 4.69) is 0 Å². The summed E-state index contributed by atoms with van der Waals surface area (Å²) in [7, 11) is 0. The molecule has 1 aromatic rings. The molecule has 0 aromatic heterocycles. The molecule has 1 heterocycles. The average molecular weight is 306 g/mol. The van der Waals surface area contributed by atoms with Crippen LogP contribution in [-0.2, 0) is 9.53 Å². The Labute approximate surface area is 126 Å². The first-order valence-corrected chi connectivity index (χ1v) is 8.42. The maximum atomic E-state index is 12.0. The van der Waals surface area contributed by atoms with Crippen LogP contribution in [0.3, 0.4) is 0 Å². The summed E-state index contributed by atoms with van der Waals surface area (Å²) in [6.45, 7) is 0. The number of esters is 1. The molecular weight excluding hydrogens is 292 g/mol. The van der Waals surface area contributed by atoms with Gasteiger partial charge in [0.15, 0.2) is 0 Å². The number of aldehydes is 1. The topological polar surface area (TPSA) is 43.4 Å². The molecule has 1 aliphatic heterocycles. The third kappa shape index (κ3) is 2.52. The predicted octanol–water partition coefficient (Wildman–Crippen LogP) is 2.92. The zero-order valence-corrected chi connectivity index (χ0v) is 12.4. The van der Waals surface area contributed by atoms with Crippen LogP contribution in [0.25, 0.3) is 0 Å². The van der Waals surface area contributed by atoms with Gasteiger partial charge in [0.1, 0.15) is 12.4 Å². The minimum absolute atomic E-state index is 0.191. The molecule has 0 bridgehead atoms. The summed E-state index contributed by atoms with van der Waals surface area (Å²) in [4.78, 5) is 23.3.